The maximum Gasteiger partial charge on any atom is 0.251 e. The average molecular weight is 296 g/mol. The summed E-state index contributed by atoms with van der Waals surface area (Å²) < 4.78 is 6.14. The third kappa shape index (κ3) is 2.69. The van der Waals surface area contributed by atoms with Gasteiger partial charge >= 0.3 is 0 Å². The van der Waals surface area contributed by atoms with E-state index in [1.54, 1.807) is 6.26 Å². The Bertz CT molecular complexity index is 469. The Labute approximate surface area is 109 Å². The van der Waals surface area contributed by atoms with Gasteiger partial charge in [-0.25, -0.2) is 0 Å². The van der Waals surface area contributed by atoms with Crippen molar-refractivity contribution >= 4 is 27.9 Å². The molecule has 1 aromatic rings. The molecule has 3 nitrogen and oxygen atoms in total. The number of carbonyl (C=O) groups excluding carboxylic acids is 1. The van der Waals surface area contributed by atoms with Crippen LogP contribution in [0.5, 0.6) is 0 Å². The monoisotopic (exact) mass is 295 g/mol. The lowest BCUT2D eigenvalue weighted by molar-refractivity contribution is 0.0946. The van der Waals surface area contributed by atoms with E-state index in [9.17, 15) is 4.79 Å². The summed E-state index contributed by atoms with van der Waals surface area (Å²) in [5.74, 6) is -0.00129. The predicted octanol–water partition coefficient (Wildman–Crippen LogP) is 2.74. The molecule has 1 amide bonds. The van der Waals surface area contributed by atoms with Crippen molar-refractivity contribution in [2.24, 2.45) is 0 Å². The summed E-state index contributed by atoms with van der Waals surface area (Å²) in [6.07, 6.45) is 4.38. The van der Waals surface area contributed by atoms with Crippen LogP contribution in [0.15, 0.2) is 22.9 Å². The van der Waals surface area contributed by atoms with Crippen molar-refractivity contribution in [1.29, 1.82) is 0 Å². The highest BCUT2D eigenvalue weighted by Gasteiger charge is 2.19. The third-order valence-electron chi connectivity index (χ3n) is 2.65. The molecule has 90 valence electrons. The van der Waals surface area contributed by atoms with Crippen LogP contribution in [0, 0.1) is 0 Å². The van der Waals surface area contributed by atoms with E-state index in [0.717, 1.165) is 27.6 Å². The van der Waals surface area contributed by atoms with Crippen LogP contribution in [0.3, 0.4) is 0 Å². The van der Waals surface area contributed by atoms with E-state index in [1.165, 1.54) is 0 Å². The van der Waals surface area contributed by atoms with Crippen molar-refractivity contribution in [1.82, 2.24) is 5.32 Å². The summed E-state index contributed by atoms with van der Waals surface area (Å²) in [5.41, 5.74) is 2.80. The molecule has 0 fully saturated rings. The van der Waals surface area contributed by atoms with E-state index >= 15 is 0 Å². The number of benzene rings is 1. The highest BCUT2D eigenvalue weighted by atomic mass is 79.9. The first-order valence-electron chi connectivity index (χ1n) is 5.61. The van der Waals surface area contributed by atoms with Gasteiger partial charge in [0.05, 0.1) is 12.9 Å². The molecule has 0 bridgehead atoms. The molecule has 0 unspecified atom stereocenters. The van der Waals surface area contributed by atoms with Gasteiger partial charge < -0.3 is 10.1 Å². The highest BCUT2D eigenvalue weighted by Crippen LogP contribution is 2.26. The standard InChI is InChI=1S/C13H14BrNO2/c1-2-17-6-4-9-7-11-10(12(14)8-9)3-5-15-13(11)16/h4,6-8H,2-3,5H2,1H3,(H,15,16). The van der Waals surface area contributed by atoms with Crippen molar-refractivity contribution in [3.05, 3.63) is 39.6 Å². The SMILES string of the molecule is CCOC=Cc1cc(Br)c2c(c1)C(=O)NCC2. The zero-order valence-corrected chi connectivity index (χ0v) is 11.2. The van der Waals surface area contributed by atoms with E-state index in [2.05, 4.69) is 21.2 Å². The lowest BCUT2D eigenvalue weighted by Crippen LogP contribution is -2.32. The molecule has 0 atom stereocenters. The molecule has 0 saturated heterocycles. The third-order valence-corrected chi connectivity index (χ3v) is 3.35. The molecule has 0 aromatic heterocycles. The lowest BCUT2D eigenvalue weighted by atomic mass is 9.98. The zero-order chi connectivity index (χ0) is 12.3. The van der Waals surface area contributed by atoms with Gasteiger partial charge in [0.25, 0.3) is 5.91 Å². The molecular formula is C13H14BrNO2. The summed E-state index contributed by atoms with van der Waals surface area (Å²) in [6.45, 7) is 3.28. The number of rotatable bonds is 3. The van der Waals surface area contributed by atoms with E-state index in [-0.39, 0.29) is 5.91 Å². The Hall–Kier alpha value is -1.29. The Balaban J connectivity index is 2.35. The first kappa shape index (κ1) is 12.2. The number of carbonyl (C=O) groups is 1. The Morgan fingerprint density at radius 1 is 1.53 bits per heavy atom. The number of hydrogen-bond acceptors (Lipinski definition) is 2. The van der Waals surface area contributed by atoms with E-state index in [4.69, 9.17) is 4.74 Å². The second-order valence-corrected chi connectivity index (χ2v) is 4.65. The zero-order valence-electron chi connectivity index (χ0n) is 9.63. The first-order valence-corrected chi connectivity index (χ1v) is 6.40. The minimum absolute atomic E-state index is 0.00129. The normalized spacial score (nSPS) is 14.6. The van der Waals surface area contributed by atoms with Crippen molar-refractivity contribution in [2.45, 2.75) is 13.3 Å². The van der Waals surface area contributed by atoms with E-state index < -0.39 is 0 Å². The molecule has 4 heteroatoms. The van der Waals surface area contributed by atoms with Gasteiger partial charge in [0.1, 0.15) is 0 Å². The molecule has 2 rings (SSSR count). The quantitative estimate of drug-likeness (QED) is 0.871. The molecule has 1 N–H and O–H groups in total. The molecule has 1 aliphatic rings. The van der Waals surface area contributed by atoms with E-state index in [0.29, 0.717) is 13.2 Å². The van der Waals surface area contributed by atoms with Crippen LogP contribution in [0.4, 0.5) is 0 Å². The summed E-state index contributed by atoms with van der Waals surface area (Å²) in [5, 5.41) is 2.84. The maximum atomic E-state index is 11.7. The molecule has 0 aliphatic carbocycles. The van der Waals surface area contributed by atoms with Crippen LogP contribution < -0.4 is 5.32 Å². The minimum atomic E-state index is -0.00129. The lowest BCUT2D eigenvalue weighted by Gasteiger charge is -2.18. The topological polar surface area (TPSA) is 38.3 Å². The number of ether oxygens (including phenoxy) is 1. The number of halogens is 1. The van der Waals surface area contributed by atoms with Gasteiger partial charge in [0.15, 0.2) is 0 Å². The molecule has 1 aromatic carbocycles. The number of nitrogens with one attached hydrogen (secondary N) is 1. The molecular weight excluding hydrogens is 282 g/mol. The fourth-order valence-corrected chi connectivity index (χ4v) is 2.51. The second kappa shape index (κ2) is 5.36. The molecule has 17 heavy (non-hydrogen) atoms. The minimum Gasteiger partial charge on any atom is -0.501 e. The Morgan fingerprint density at radius 2 is 2.35 bits per heavy atom. The van der Waals surface area contributed by atoms with Gasteiger partial charge in [-0.1, -0.05) is 15.9 Å². The summed E-state index contributed by atoms with van der Waals surface area (Å²) in [6, 6.07) is 3.90. The fourth-order valence-electron chi connectivity index (χ4n) is 1.83. The van der Waals surface area contributed by atoms with Crippen molar-refractivity contribution < 1.29 is 9.53 Å². The second-order valence-electron chi connectivity index (χ2n) is 3.79. The van der Waals surface area contributed by atoms with Gasteiger partial charge in [-0.05, 0) is 42.7 Å². The van der Waals surface area contributed by atoms with Gasteiger partial charge in [-0.2, -0.15) is 0 Å². The van der Waals surface area contributed by atoms with Crippen molar-refractivity contribution in [3.63, 3.8) is 0 Å². The smallest absolute Gasteiger partial charge is 0.251 e. The molecule has 0 spiro atoms. The Kier molecular flexibility index (Phi) is 3.84. The van der Waals surface area contributed by atoms with Crippen LogP contribution in [0.1, 0.15) is 28.4 Å². The number of amides is 1. The Morgan fingerprint density at radius 3 is 3.12 bits per heavy atom. The summed E-state index contributed by atoms with van der Waals surface area (Å²) in [7, 11) is 0. The largest absolute Gasteiger partial charge is 0.501 e. The van der Waals surface area contributed by atoms with Gasteiger partial charge in [0, 0.05) is 16.6 Å². The van der Waals surface area contributed by atoms with Gasteiger partial charge in [-0.15, -0.1) is 0 Å². The highest BCUT2D eigenvalue weighted by molar-refractivity contribution is 9.10. The fraction of sp³-hybridized carbons (Fsp3) is 0.308. The number of fused-ring (bicyclic) bond motifs is 1. The summed E-state index contributed by atoms with van der Waals surface area (Å²) in [4.78, 5) is 11.7. The van der Waals surface area contributed by atoms with Crippen LogP contribution in [0.25, 0.3) is 6.08 Å². The molecule has 0 saturated carbocycles. The van der Waals surface area contributed by atoms with Crippen molar-refractivity contribution in [2.75, 3.05) is 13.2 Å². The number of hydrogen-bond donors (Lipinski definition) is 1. The van der Waals surface area contributed by atoms with Crippen LogP contribution in [-0.2, 0) is 11.2 Å². The van der Waals surface area contributed by atoms with Gasteiger partial charge in [0.2, 0.25) is 0 Å². The maximum absolute atomic E-state index is 11.7. The molecule has 1 heterocycles. The molecule has 1 aliphatic heterocycles. The van der Waals surface area contributed by atoms with Crippen molar-refractivity contribution in [3.8, 4) is 0 Å². The van der Waals surface area contributed by atoms with Gasteiger partial charge in [-0.3, -0.25) is 4.79 Å². The van der Waals surface area contributed by atoms with Crippen LogP contribution >= 0.6 is 15.9 Å². The van der Waals surface area contributed by atoms with Crippen LogP contribution in [-0.4, -0.2) is 19.1 Å². The van der Waals surface area contributed by atoms with E-state index in [1.807, 2.05) is 25.1 Å². The van der Waals surface area contributed by atoms with Crippen LogP contribution in [0.2, 0.25) is 0 Å². The predicted molar refractivity (Wildman–Crippen MR) is 70.8 cm³/mol. The summed E-state index contributed by atoms with van der Waals surface area (Å²) >= 11 is 3.51. The average Bonchev–Trinajstić information content (AvgIpc) is 2.31. The first-order chi connectivity index (χ1) is 8.22. The molecule has 0 radical (unpaired) electrons.